The number of nitrogens with zero attached hydrogens (tertiary/aromatic N) is 6. The van der Waals surface area contributed by atoms with Crippen LogP contribution in [0.1, 0.15) is 45.2 Å². The molecule has 1 saturated heterocycles. The van der Waals surface area contributed by atoms with Gasteiger partial charge in [-0.05, 0) is 58.5 Å². The van der Waals surface area contributed by atoms with E-state index in [2.05, 4.69) is 30.8 Å². The molecule has 1 aromatic carbocycles. The third kappa shape index (κ3) is 4.24. The number of hydrogen-bond donors (Lipinski definition) is 1. The summed E-state index contributed by atoms with van der Waals surface area (Å²) in [6.45, 7) is 7.59. The molecule has 0 bridgehead atoms. The van der Waals surface area contributed by atoms with Crippen molar-refractivity contribution in [2.24, 2.45) is 11.3 Å². The summed E-state index contributed by atoms with van der Waals surface area (Å²) in [6.07, 6.45) is 1.45. The Morgan fingerprint density at radius 3 is 2.67 bits per heavy atom. The number of amides is 1. The molecule has 158 valence electrons. The molecule has 1 aliphatic heterocycles. The summed E-state index contributed by atoms with van der Waals surface area (Å²) in [4.78, 5) is 15.2. The second kappa shape index (κ2) is 7.97. The minimum atomic E-state index is -0.295. The summed E-state index contributed by atoms with van der Waals surface area (Å²) in [5.41, 5.74) is 1.14. The van der Waals surface area contributed by atoms with Crippen LogP contribution in [0.25, 0.3) is 5.65 Å². The molecule has 1 aliphatic rings. The summed E-state index contributed by atoms with van der Waals surface area (Å²) in [7, 11) is 0. The molecule has 1 amide bonds. The molecular weight excluding hydrogens is 385 g/mol. The fourth-order valence-electron chi connectivity index (χ4n) is 3.93. The highest BCUT2D eigenvalue weighted by Gasteiger charge is 2.32. The number of aromatic nitrogens is 5. The molecule has 3 heterocycles. The van der Waals surface area contributed by atoms with E-state index >= 15 is 0 Å². The van der Waals surface area contributed by atoms with Crippen LogP contribution in [0.15, 0.2) is 36.4 Å². The van der Waals surface area contributed by atoms with Crippen LogP contribution in [0.4, 0.5) is 10.2 Å². The van der Waals surface area contributed by atoms with Crippen LogP contribution >= 0.6 is 0 Å². The maximum Gasteiger partial charge on any atom is 0.223 e. The number of hydrogen-bond acceptors (Lipinski definition) is 6. The summed E-state index contributed by atoms with van der Waals surface area (Å²) < 4.78 is 15.2. The number of tetrazole rings is 1. The van der Waals surface area contributed by atoms with Crippen molar-refractivity contribution in [3.63, 3.8) is 0 Å². The lowest BCUT2D eigenvalue weighted by molar-refractivity contribution is -0.127. The zero-order chi connectivity index (χ0) is 21.3. The number of carbonyl (C=O) groups excluding carboxylic acids is 1. The van der Waals surface area contributed by atoms with Crippen LogP contribution in [-0.2, 0) is 4.79 Å². The lowest BCUT2D eigenvalue weighted by atomic mass is 9.81. The second-order valence-electron chi connectivity index (χ2n) is 8.84. The Morgan fingerprint density at radius 1 is 1.20 bits per heavy atom. The predicted octanol–water partition coefficient (Wildman–Crippen LogP) is 2.78. The topological polar surface area (TPSA) is 88.3 Å². The van der Waals surface area contributed by atoms with E-state index in [1.54, 1.807) is 6.07 Å². The van der Waals surface area contributed by atoms with Crippen molar-refractivity contribution in [1.82, 2.24) is 30.6 Å². The van der Waals surface area contributed by atoms with Crippen LogP contribution < -0.4 is 10.2 Å². The van der Waals surface area contributed by atoms with E-state index in [0.717, 1.165) is 37.3 Å². The maximum absolute atomic E-state index is 13.8. The van der Waals surface area contributed by atoms with Gasteiger partial charge in [0.1, 0.15) is 5.82 Å². The fraction of sp³-hybridized carbons (Fsp3) is 0.476. The van der Waals surface area contributed by atoms with Crippen LogP contribution in [0, 0.1) is 17.2 Å². The number of benzene rings is 1. The quantitative estimate of drug-likeness (QED) is 0.710. The molecule has 0 unspecified atom stereocenters. The number of nitrogens with one attached hydrogen (secondary N) is 1. The highest BCUT2D eigenvalue weighted by Crippen LogP contribution is 2.34. The van der Waals surface area contributed by atoms with Crippen molar-refractivity contribution in [1.29, 1.82) is 0 Å². The second-order valence-corrected chi connectivity index (χ2v) is 8.84. The zero-order valence-electron chi connectivity index (χ0n) is 17.4. The van der Waals surface area contributed by atoms with Crippen LogP contribution in [0.3, 0.4) is 0 Å². The van der Waals surface area contributed by atoms with Gasteiger partial charge in [0.15, 0.2) is 11.5 Å². The Hall–Kier alpha value is -3.10. The third-order valence-corrected chi connectivity index (χ3v) is 5.58. The Labute approximate surface area is 174 Å². The van der Waals surface area contributed by atoms with Gasteiger partial charge in [-0.2, -0.15) is 0 Å². The van der Waals surface area contributed by atoms with Gasteiger partial charge in [0.25, 0.3) is 0 Å². The standard InChI is InChI=1S/C21H26FN7O/c1-21(2,3)19(15-5-4-6-16(22)13-15)23-20(30)14-9-11-28(12-10-14)18-8-7-17-24-26-27-29(17)25-18/h4-8,13-14,19H,9-12H2,1-3H3,(H,23,30)/t19-/m1/s1. The number of anilines is 1. The molecule has 0 aliphatic carbocycles. The van der Waals surface area contributed by atoms with E-state index in [-0.39, 0.29) is 29.1 Å². The first-order valence-corrected chi connectivity index (χ1v) is 10.2. The lowest BCUT2D eigenvalue weighted by Gasteiger charge is -2.36. The predicted molar refractivity (Wildman–Crippen MR) is 110 cm³/mol. The summed E-state index contributed by atoms with van der Waals surface area (Å²) in [5, 5.41) is 18.9. The molecule has 9 heteroatoms. The van der Waals surface area contributed by atoms with Crippen LogP contribution in [0.5, 0.6) is 0 Å². The van der Waals surface area contributed by atoms with Crippen molar-refractivity contribution in [3.8, 4) is 0 Å². The number of halogens is 1. The molecule has 0 radical (unpaired) electrons. The zero-order valence-corrected chi connectivity index (χ0v) is 17.4. The van der Waals surface area contributed by atoms with Gasteiger partial charge in [0, 0.05) is 19.0 Å². The molecule has 1 N–H and O–H groups in total. The number of piperidine rings is 1. The van der Waals surface area contributed by atoms with Crippen LogP contribution in [-0.4, -0.2) is 44.3 Å². The maximum atomic E-state index is 13.8. The molecule has 1 atom stereocenters. The van der Waals surface area contributed by atoms with Gasteiger partial charge < -0.3 is 10.2 Å². The highest BCUT2D eigenvalue weighted by atomic mass is 19.1. The van der Waals surface area contributed by atoms with Crippen molar-refractivity contribution < 1.29 is 9.18 Å². The average molecular weight is 411 g/mol. The lowest BCUT2D eigenvalue weighted by Crippen LogP contribution is -2.44. The number of carbonyl (C=O) groups is 1. The number of fused-ring (bicyclic) bond motifs is 1. The minimum Gasteiger partial charge on any atom is -0.355 e. The third-order valence-electron chi connectivity index (χ3n) is 5.58. The Balaban J connectivity index is 1.41. The van der Waals surface area contributed by atoms with Crippen molar-refractivity contribution in [3.05, 3.63) is 47.8 Å². The molecule has 1 fully saturated rings. The monoisotopic (exact) mass is 411 g/mol. The summed E-state index contributed by atoms with van der Waals surface area (Å²) >= 11 is 0. The van der Waals surface area contributed by atoms with E-state index in [9.17, 15) is 9.18 Å². The van der Waals surface area contributed by atoms with Gasteiger partial charge in [-0.3, -0.25) is 4.79 Å². The van der Waals surface area contributed by atoms with Gasteiger partial charge in [-0.25, -0.2) is 4.39 Å². The van der Waals surface area contributed by atoms with Gasteiger partial charge >= 0.3 is 0 Å². The van der Waals surface area contributed by atoms with Gasteiger partial charge in [-0.1, -0.05) is 32.9 Å². The molecule has 0 spiro atoms. The smallest absolute Gasteiger partial charge is 0.223 e. The summed E-state index contributed by atoms with van der Waals surface area (Å²) in [5.74, 6) is 0.427. The van der Waals surface area contributed by atoms with Gasteiger partial charge in [-0.15, -0.1) is 14.8 Å². The first kappa shape index (κ1) is 20.2. The number of rotatable bonds is 4. The molecule has 0 saturated carbocycles. The average Bonchev–Trinajstić information content (AvgIpc) is 3.19. The largest absolute Gasteiger partial charge is 0.355 e. The molecular formula is C21H26FN7O. The van der Waals surface area contributed by atoms with Crippen LogP contribution in [0.2, 0.25) is 0 Å². The van der Waals surface area contributed by atoms with E-state index in [0.29, 0.717) is 5.65 Å². The molecule has 30 heavy (non-hydrogen) atoms. The fourth-order valence-corrected chi connectivity index (χ4v) is 3.93. The van der Waals surface area contributed by atoms with Gasteiger partial charge in [0.2, 0.25) is 5.91 Å². The Morgan fingerprint density at radius 2 is 1.97 bits per heavy atom. The molecule has 8 nitrogen and oxygen atoms in total. The minimum absolute atomic E-state index is 0.0164. The van der Waals surface area contributed by atoms with E-state index in [1.165, 1.54) is 16.8 Å². The Kier molecular flexibility index (Phi) is 5.36. The van der Waals surface area contributed by atoms with E-state index in [1.807, 2.05) is 39.0 Å². The molecule has 3 aromatic rings. The van der Waals surface area contributed by atoms with Gasteiger partial charge in [0.05, 0.1) is 6.04 Å². The van der Waals surface area contributed by atoms with E-state index in [4.69, 9.17) is 0 Å². The normalized spacial score (nSPS) is 16.6. The van der Waals surface area contributed by atoms with Crippen molar-refractivity contribution in [2.45, 2.75) is 39.7 Å². The summed E-state index contributed by atoms with van der Waals surface area (Å²) in [6, 6.07) is 9.93. The van der Waals surface area contributed by atoms with Crippen molar-refractivity contribution >= 4 is 17.4 Å². The first-order chi connectivity index (χ1) is 14.3. The van der Waals surface area contributed by atoms with Crippen molar-refractivity contribution in [2.75, 3.05) is 18.0 Å². The van der Waals surface area contributed by atoms with E-state index < -0.39 is 0 Å². The SMILES string of the molecule is CC(C)(C)[C@H](NC(=O)C1CCN(c2ccc3nnnn3n2)CC1)c1cccc(F)c1. The highest BCUT2D eigenvalue weighted by molar-refractivity contribution is 5.79. The Bertz CT molecular complexity index is 1040. The molecule has 4 rings (SSSR count). The molecule has 2 aromatic heterocycles. The first-order valence-electron chi connectivity index (χ1n) is 10.2.